The highest BCUT2D eigenvalue weighted by molar-refractivity contribution is 7.90. The lowest BCUT2D eigenvalue weighted by molar-refractivity contribution is 0.553. The Balaban J connectivity index is 1.71. The van der Waals surface area contributed by atoms with Gasteiger partial charge in [0.1, 0.15) is 0 Å². The molecule has 114 valence electrons. The van der Waals surface area contributed by atoms with Crippen molar-refractivity contribution >= 4 is 21.4 Å². The zero-order valence-electron chi connectivity index (χ0n) is 12.2. The summed E-state index contributed by atoms with van der Waals surface area (Å²) in [5, 5.41) is 6.42. The molecule has 0 bridgehead atoms. The summed E-state index contributed by atoms with van der Waals surface area (Å²) in [6, 6.07) is 4.11. The second-order valence-corrected chi connectivity index (χ2v) is 8.38. The van der Waals surface area contributed by atoms with Crippen molar-refractivity contribution in [2.24, 2.45) is 0 Å². The van der Waals surface area contributed by atoms with Crippen LogP contribution in [0, 0.1) is 13.8 Å². The lowest BCUT2D eigenvalue weighted by Crippen LogP contribution is -2.30. The second-order valence-electron chi connectivity index (χ2n) is 5.38. The highest BCUT2D eigenvalue weighted by Crippen LogP contribution is 2.30. The van der Waals surface area contributed by atoms with Gasteiger partial charge < -0.3 is 0 Å². The molecule has 3 rings (SSSR count). The van der Waals surface area contributed by atoms with Crippen molar-refractivity contribution in [3.63, 3.8) is 0 Å². The average molecular weight is 325 g/mol. The van der Waals surface area contributed by atoms with Crippen molar-refractivity contribution < 1.29 is 8.42 Å². The van der Waals surface area contributed by atoms with Crippen molar-refractivity contribution in [2.75, 3.05) is 6.54 Å². The number of aromatic nitrogens is 2. The fourth-order valence-electron chi connectivity index (χ4n) is 2.48. The molecule has 1 aliphatic rings. The van der Waals surface area contributed by atoms with Gasteiger partial charge in [0.2, 0.25) is 10.0 Å². The van der Waals surface area contributed by atoms with Gasteiger partial charge in [0.25, 0.3) is 0 Å². The standard InChI is InChI=1S/C14H19N3O2S2/c1-10-14(13-4-3-9-20-13)11(2)17(16-10)8-7-15-21(18,19)12-5-6-12/h3-4,9,12,15H,5-8H2,1-2H3. The molecule has 0 aromatic carbocycles. The van der Waals surface area contributed by atoms with Crippen LogP contribution >= 0.6 is 11.3 Å². The molecule has 7 heteroatoms. The first-order valence-electron chi connectivity index (χ1n) is 7.05. The van der Waals surface area contributed by atoms with Gasteiger partial charge in [0.15, 0.2) is 0 Å². The number of rotatable bonds is 6. The smallest absolute Gasteiger partial charge is 0.214 e. The number of nitrogens with one attached hydrogen (secondary N) is 1. The summed E-state index contributed by atoms with van der Waals surface area (Å²) >= 11 is 1.69. The van der Waals surface area contributed by atoms with Crippen LogP contribution in [-0.2, 0) is 16.6 Å². The Bertz CT molecular complexity index is 729. The minimum Gasteiger partial charge on any atom is -0.268 e. The Kier molecular flexibility index (Phi) is 3.90. The molecule has 0 radical (unpaired) electrons. The summed E-state index contributed by atoms with van der Waals surface area (Å²) < 4.78 is 28.1. The minimum absolute atomic E-state index is 0.167. The molecular weight excluding hydrogens is 306 g/mol. The Morgan fingerprint density at radius 3 is 2.81 bits per heavy atom. The summed E-state index contributed by atoms with van der Waals surface area (Å²) in [5.41, 5.74) is 3.23. The van der Waals surface area contributed by atoms with E-state index >= 15 is 0 Å². The number of hydrogen-bond acceptors (Lipinski definition) is 4. The third-order valence-electron chi connectivity index (χ3n) is 3.74. The monoisotopic (exact) mass is 325 g/mol. The molecule has 0 saturated heterocycles. The van der Waals surface area contributed by atoms with Gasteiger partial charge in [-0.25, -0.2) is 13.1 Å². The predicted octanol–water partition coefficient (Wildman–Crippen LogP) is 2.31. The van der Waals surface area contributed by atoms with Crippen LogP contribution in [0.2, 0.25) is 0 Å². The Labute approximate surface area is 129 Å². The van der Waals surface area contributed by atoms with Crippen molar-refractivity contribution in [1.29, 1.82) is 0 Å². The summed E-state index contributed by atoms with van der Waals surface area (Å²) in [5.74, 6) is 0. The predicted molar refractivity (Wildman–Crippen MR) is 85.0 cm³/mol. The number of aryl methyl sites for hydroxylation is 1. The molecule has 1 fully saturated rings. The Morgan fingerprint density at radius 1 is 1.43 bits per heavy atom. The molecule has 1 N–H and O–H groups in total. The first kappa shape index (κ1) is 14.7. The topological polar surface area (TPSA) is 64.0 Å². The van der Waals surface area contributed by atoms with Crippen LogP contribution in [-0.4, -0.2) is 30.0 Å². The molecule has 1 saturated carbocycles. The van der Waals surface area contributed by atoms with E-state index in [0.29, 0.717) is 13.1 Å². The van der Waals surface area contributed by atoms with Crippen LogP contribution in [0.15, 0.2) is 17.5 Å². The normalized spacial score (nSPS) is 15.5. The molecule has 0 aliphatic heterocycles. The number of hydrogen-bond donors (Lipinski definition) is 1. The maximum absolute atomic E-state index is 11.8. The van der Waals surface area contributed by atoms with E-state index in [1.807, 2.05) is 24.6 Å². The third-order valence-corrected chi connectivity index (χ3v) is 6.58. The third kappa shape index (κ3) is 3.04. The fourth-order valence-corrected chi connectivity index (χ4v) is 4.72. The largest absolute Gasteiger partial charge is 0.268 e. The molecule has 0 unspecified atom stereocenters. The maximum atomic E-state index is 11.8. The van der Waals surface area contributed by atoms with Crippen molar-refractivity contribution in [3.8, 4) is 10.4 Å². The van der Waals surface area contributed by atoms with E-state index in [1.54, 1.807) is 11.3 Å². The molecule has 1 aliphatic carbocycles. The number of thiophene rings is 1. The summed E-state index contributed by atoms with van der Waals surface area (Å²) in [4.78, 5) is 1.20. The van der Waals surface area contributed by atoms with E-state index in [2.05, 4.69) is 21.3 Å². The highest BCUT2D eigenvalue weighted by Gasteiger charge is 2.35. The van der Waals surface area contributed by atoms with Gasteiger partial charge in [-0.05, 0) is 38.1 Å². The average Bonchev–Trinajstić information content (AvgIpc) is 3.10. The van der Waals surface area contributed by atoms with Gasteiger partial charge in [-0.2, -0.15) is 5.10 Å². The van der Waals surface area contributed by atoms with Crippen LogP contribution in [0.1, 0.15) is 24.2 Å². The van der Waals surface area contributed by atoms with E-state index in [0.717, 1.165) is 29.8 Å². The van der Waals surface area contributed by atoms with E-state index in [4.69, 9.17) is 0 Å². The lowest BCUT2D eigenvalue weighted by atomic mass is 10.1. The van der Waals surface area contributed by atoms with E-state index < -0.39 is 10.0 Å². The molecule has 2 heterocycles. The van der Waals surface area contributed by atoms with Crippen LogP contribution < -0.4 is 4.72 Å². The van der Waals surface area contributed by atoms with Crippen LogP contribution in [0.25, 0.3) is 10.4 Å². The summed E-state index contributed by atoms with van der Waals surface area (Å²) in [6.07, 6.45) is 1.58. The van der Waals surface area contributed by atoms with Crippen LogP contribution in [0.4, 0.5) is 0 Å². The quantitative estimate of drug-likeness (QED) is 0.886. The van der Waals surface area contributed by atoms with Gasteiger partial charge in [0.05, 0.1) is 17.5 Å². The first-order chi connectivity index (χ1) is 9.99. The van der Waals surface area contributed by atoms with E-state index in [-0.39, 0.29) is 5.25 Å². The molecule has 0 amide bonds. The van der Waals surface area contributed by atoms with Gasteiger partial charge in [0, 0.05) is 22.7 Å². The van der Waals surface area contributed by atoms with Crippen molar-refractivity contribution in [1.82, 2.24) is 14.5 Å². The zero-order chi connectivity index (χ0) is 15.0. The molecule has 21 heavy (non-hydrogen) atoms. The van der Waals surface area contributed by atoms with E-state index in [9.17, 15) is 8.42 Å². The van der Waals surface area contributed by atoms with Crippen LogP contribution in [0.5, 0.6) is 0 Å². The number of sulfonamides is 1. The first-order valence-corrected chi connectivity index (χ1v) is 9.48. The van der Waals surface area contributed by atoms with Gasteiger partial charge in [-0.1, -0.05) is 6.07 Å². The Morgan fingerprint density at radius 2 is 2.19 bits per heavy atom. The van der Waals surface area contributed by atoms with Gasteiger partial charge >= 0.3 is 0 Å². The van der Waals surface area contributed by atoms with Gasteiger partial charge in [-0.3, -0.25) is 4.68 Å². The molecule has 2 aromatic heterocycles. The van der Waals surface area contributed by atoms with Crippen molar-refractivity contribution in [2.45, 2.75) is 38.5 Å². The minimum atomic E-state index is -3.11. The maximum Gasteiger partial charge on any atom is 0.214 e. The Hall–Kier alpha value is -1.18. The lowest BCUT2D eigenvalue weighted by Gasteiger charge is -2.07. The molecule has 0 spiro atoms. The fraction of sp³-hybridized carbons (Fsp3) is 0.500. The molecule has 0 atom stereocenters. The summed E-state index contributed by atoms with van der Waals surface area (Å²) in [6.45, 7) is 4.98. The van der Waals surface area contributed by atoms with E-state index in [1.165, 1.54) is 4.88 Å². The summed E-state index contributed by atoms with van der Waals surface area (Å²) in [7, 11) is -3.11. The highest BCUT2D eigenvalue weighted by atomic mass is 32.2. The SMILES string of the molecule is Cc1nn(CCNS(=O)(=O)C2CC2)c(C)c1-c1cccs1. The zero-order valence-corrected chi connectivity index (χ0v) is 13.8. The number of nitrogens with zero attached hydrogens (tertiary/aromatic N) is 2. The second kappa shape index (κ2) is 5.55. The van der Waals surface area contributed by atoms with Crippen molar-refractivity contribution in [3.05, 3.63) is 28.9 Å². The molecular formula is C14H19N3O2S2. The van der Waals surface area contributed by atoms with Gasteiger partial charge in [-0.15, -0.1) is 11.3 Å². The molecule has 5 nitrogen and oxygen atoms in total. The molecule has 2 aromatic rings. The van der Waals surface area contributed by atoms with Crippen LogP contribution in [0.3, 0.4) is 0 Å².